The Hall–Kier alpha value is -4.98. The third kappa shape index (κ3) is 7.07. The quantitative estimate of drug-likeness (QED) is 0.110. The van der Waals surface area contributed by atoms with E-state index in [2.05, 4.69) is 25.5 Å². The Morgan fingerprint density at radius 2 is 1.92 bits per heavy atom. The molecule has 0 fully saturated rings. The predicted octanol–water partition coefficient (Wildman–Crippen LogP) is 2.79. The summed E-state index contributed by atoms with van der Waals surface area (Å²) in [7, 11) is 0. The number of carbonyl (C=O) groups excluding carboxylic acids is 4. The molecular formula is C25H28N6O8. The first-order valence-electron chi connectivity index (χ1n) is 11.8. The number of amides is 3. The first-order valence-corrected chi connectivity index (χ1v) is 11.8. The van der Waals surface area contributed by atoms with Crippen molar-refractivity contribution in [3.8, 4) is 0 Å². The first kappa shape index (κ1) is 28.6. The van der Waals surface area contributed by atoms with Crippen LogP contribution in [0.25, 0.3) is 0 Å². The third-order valence-corrected chi connectivity index (χ3v) is 5.50. The van der Waals surface area contributed by atoms with E-state index in [1.807, 2.05) is 0 Å². The van der Waals surface area contributed by atoms with Gasteiger partial charge in [-0.05, 0) is 43.5 Å². The molecule has 0 spiro atoms. The van der Waals surface area contributed by atoms with Crippen LogP contribution in [0.1, 0.15) is 50.9 Å². The molecule has 0 saturated carbocycles. The highest BCUT2D eigenvalue weighted by Gasteiger charge is 2.27. The average molecular weight is 541 g/mol. The summed E-state index contributed by atoms with van der Waals surface area (Å²) >= 11 is 0. The number of hydrogen-bond donors (Lipinski definition) is 5. The van der Waals surface area contributed by atoms with Gasteiger partial charge in [-0.25, -0.2) is 14.5 Å². The normalized spacial score (nSPS) is 10.5. The number of benzene rings is 1. The molecule has 0 aliphatic heterocycles. The summed E-state index contributed by atoms with van der Waals surface area (Å²) in [5.41, 5.74) is 2.39. The lowest BCUT2D eigenvalue weighted by Gasteiger charge is -2.19. The molecule has 14 nitrogen and oxygen atoms in total. The van der Waals surface area contributed by atoms with E-state index in [1.54, 1.807) is 39.0 Å². The van der Waals surface area contributed by atoms with E-state index >= 15 is 0 Å². The number of aromatic nitrogens is 2. The van der Waals surface area contributed by atoms with E-state index in [0.29, 0.717) is 23.2 Å². The molecule has 0 aliphatic carbocycles. The van der Waals surface area contributed by atoms with Gasteiger partial charge in [-0.3, -0.25) is 15.0 Å². The van der Waals surface area contributed by atoms with Gasteiger partial charge in [0.1, 0.15) is 18.7 Å². The number of esters is 1. The second-order valence-electron chi connectivity index (χ2n) is 8.23. The summed E-state index contributed by atoms with van der Waals surface area (Å²) < 4.78 is 14.0. The number of nitrogens with one attached hydrogen (secondary N) is 4. The topological polar surface area (TPSA) is 200 Å². The van der Waals surface area contributed by atoms with E-state index in [9.17, 15) is 19.2 Å². The summed E-state index contributed by atoms with van der Waals surface area (Å²) in [6.45, 7) is 3.58. The molecule has 206 valence electrons. The Labute approximate surface area is 222 Å². The third-order valence-electron chi connectivity index (χ3n) is 5.50. The van der Waals surface area contributed by atoms with Crippen LogP contribution in [0.15, 0.2) is 41.2 Å². The number of aliphatic hydroxyl groups is 1. The van der Waals surface area contributed by atoms with Crippen molar-refractivity contribution in [2.75, 3.05) is 30.6 Å². The van der Waals surface area contributed by atoms with Crippen molar-refractivity contribution in [1.82, 2.24) is 15.0 Å². The highest BCUT2D eigenvalue weighted by Crippen LogP contribution is 2.21. The molecule has 0 aliphatic rings. The van der Waals surface area contributed by atoms with Crippen molar-refractivity contribution in [1.29, 1.82) is 5.41 Å². The molecule has 2 heterocycles. The minimum absolute atomic E-state index is 0.0314. The number of amidine groups is 1. The number of hydrogen-bond acceptors (Lipinski definition) is 10. The van der Waals surface area contributed by atoms with Crippen LogP contribution < -0.4 is 10.6 Å². The van der Waals surface area contributed by atoms with Crippen LogP contribution in [0.3, 0.4) is 0 Å². The smallest absolute Gasteiger partial charge is 0.419 e. The molecular weight excluding hydrogens is 512 g/mol. The number of ether oxygens (including phenoxy) is 2. The first-order chi connectivity index (χ1) is 18.7. The van der Waals surface area contributed by atoms with E-state index in [0.717, 1.165) is 10.5 Å². The van der Waals surface area contributed by atoms with Crippen molar-refractivity contribution in [3.63, 3.8) is 0 Å². The number of carbonyl (C=O) groups is 4. The maximum absolute atomic E-state index is 13.2. The Balaban J connectivity index is 1.73. The molecule has 3 amide bonds. The monoisotopic (exact) mass is 540 g/mol. The highest BCUT2D eigenvalue weighted by atomic mass is 16.7. The Bertz CT molecular complexity index is 1360. The van der Waals surface area contributed by atoms with Crippen molar-refractivity contribution in [3.05, 3.63) is 64.7 Å². The maximum atomic E-state index is 13.2. The number of aliphatic hydroxyl groups excluding tert-OH is 1. The van der Waals surface area contributed by atoms with Crippen LogP contribution in [-0.4, -0.2) is 69.8 Å². The van der Waals surface area contributed by atoms with Gasteiger partial charge in [-0.15, -0.1) is 0 Å². The zero-order valence-corrected chi connectivity index (χ0v) is 21.5. The number of aromatic amines is 1. The van der Waals surface area contributed by atoms with Gasteiger partial charge in [0.15, 0.2) is 5.82 Å². The van der Waals surface area contributed by atoms with Crippen molar-refractivity contribution < 1.29 is 38.3 Å². The summed E-state index contributed by atoms with van der Waals surface area (Å²) in [5.74, 6) is -1.90. The minimum Gasteiger partial charge on any atom is -0.426 e. The molecule has 3 rings (SSSR count). The summed E-state index contributed by atoms with van der Waals surface area (Å²) in [6.07, 6.45) is 2.11. The molecule has 0 saturated heterocycles. The van der Waals surface area contributed by atoms with Crippen molar-refractivity contribution in [2.45, 2.75) is 27.2 Å². The molecule has 39 heavy (non-hydrogen) atoms. The van der Waals surface area contributed by atoms with E-state index in [4.69, 9.17) is 19.8 Å². The number of nitrogens with zero attached hydrogens (tertiary/aromatic N) is 2. The molecule has 0 atom stereocenters. The molecule has 5 N–H and O–H groups in total. The predicted molar refractivity (Wildman–Crippen MR) is 137 cm³/mol. The van der Waals surface area contributed by atoms with Gasteiger partial charge in [0.25, 0.3) is 11.8 Å². The highest BCUT2D eigenvalue weighted by molar-refractivity contribution is 6.11. The lowest BCUT2D eigenvalue weighted by molar-refractivity contribution is -0.155. The molecule has 0 bridgehead atoms. The van der Waals surface area contributed by atoms with E-state index in [1.165, 1.54) is 18.5 Å². The van der Waals surface area contributed by atoms with Gasteiger partial charge in [0, 0.05) is 30.1 Å². The van der Waals surface area contributed by atoms with Crippen LogP contribution in [0.5, 0.6) is 0 Å². The molecule has 14 heteroatoms. The SMILES string of the molecule is CCCN(C(=O)OCOC(=O)CO)C(=O)c1c[nH]c(C(=N)Nc2cc(C(=O)Nc3ccon3)ccc2C)c1C. The molecule has 1 aromatic carbocycles. The van der Waals surface area contributed by atoms with Crippen LogP contribution in [-0.2, 0) is 14.3 Å². The fourth-order valence-corrected chi connectivity index (χ4v) is 3.45. The summed E-state index contributed by atoms with van der Waals surface area (Å²) in [5, 5.41) is 26.4. The fraction of sp³-hybridized carbons (Fsp3) is 0.280. The van der Waals surface area contributed by atoms with Gasteiger partial charge < -0.3 is 34.7 Å². The van der Waals surface area contributed by atoms with Crippen LogP contribution in [0.4, 0.5) is 16.3 Å². The van der Waals surface area contributed by atoms with E-state index in [-0.39, 0.29) is 29.5 Å². The zero-order valence-electron chi connectivity index (χ0n) is 21.5. The fourth-order valence-electron chi connectivity index (χ4n) is 3.45. The van der Waals surface area contributed by atoms with Crippen molar-refractivity contribution >= 4 is 41.2 Å². The Morgan fingerprint density at radius 3 is 2.59 bits per heavy atom. The summed E-state index contributed by atoms with van der Waals surface area (Å²) in [4.78, 5) is 52.9. The Morgan fingerprint density at radius 1 is 1.15 bits per heavy atom. The number of rotatable bonds is 10. The van der Waals surface area contributed by atoms with Gasteiger partial charge in [0.2, 0.25) is 6.79 Å². The number of imide groups is 1. The zero-order chi connectivity index (χ0) is 28.5. The maximum Gasteiger partial charge on any atom is 0.419 e. The summed E-state index contributed by atoms with van der Waals surface area (Å²) in [6, 6.07) is 6.42. The molecule has 0 unspecified atom stereocenters. The largest absolute Gasteiger partial charge is 0.426 e. The number of aryl methyl sites for hydroxylation is 1. The Kier molecular flexibility index (Phi) is 9.53. The van der Waals surface area contributed by atoms with Crippen LogP contribution in [0.2, 0.25) is 0 Å². The standard InChI is InChI=1S/C25H28N6O8/c1-4-8-31(25(36)38-13-37-20(33)12-32)24(35)17-11-27-21(15(17)3)22(26)28-18-10-16(6-5-14(18)2)23(34)29-19-7-9-39-30-19/h5-7,9-11,27,32H,4,8,12-13H2,1-3H3,(H2,26,28)(H,29,30,34). The number of H-pyrrole nitrogens is 1. The lowest BCUT2D eigenvalue weighted by Crippen LogP contribution is -2.38. The van der Waals surface area contributed by atoms with Gasteiger partial charge >= 0.3 is 12.1 Å². The second-order valence-corrected chi connectivity index (χ2v) is 8.23. The number of anilines is 2. The van der Waals surface area contributed by atoms with Gasteiger partial charge in [-0.1, -0.05) is 18.1 Å². The second kappa shape index (κ2) is 13.0. The van der Waals surface area contributed by atoms with Crippen LogP contribution in [0, 0.1) is 19.3 Å². The van der Waals surface area contributed by atoms with Crippen LogP contribution >= 0.6 is 0 Å². The average Bonchev–Trinajstić information content (AvgIpc) is 3.57. The molecule has 2 aromatic heterocycles. The van der Waals surface area contributed by atoms with Gasteiger partial charge in [0.05, 0.1) is 11.3 Å². The van der Waals surface area contributed by atoms with Gasteiger partial charge in [-0.2, -0.15) is 0 Å². The molecule has 0 radical (unpaired) electrons. The lowest BCUT2D eigenvalue weighted by atomic mass is 10.1. The van der Waals surface area contributed by atoms with E-state index < -0.39 is 37.3 Å². The molecule has 3 aromatic rings. The minimum atomic E-state index is -1.03. The van der Waals surface area contributed by atoms with Crippen molar-refractivity contribution in [2.24, 2.45) is 0 Å².